The van der Waals surface area contributed by atoms with E-state index in [0.29, 0.717) is 0 Å². The topological polar surface area (TPSA) is 32.8 Å². The zero-order chi connectivity index (χ0) is 9.19. The highest BCUT2D eigenvalue weighted by Crippen LogP contribution is 2.39. The molecule has 0 aromatic heterocycles. The molecule has 0 amide bonds. The first-order valence-corrected chi connectivity index (χ1v) is 4.50. The molecule has 1 fully saturated rings. The molecular formula is C10H18O2. The summed E-state index contributed by atoms with van der Waals surface area (Å²) in [7, 11) is 0. The summed E-state index contributed by atoms with van der Waals surface area (Å²) in [4.78, 5) is 0. The number of ether oxygens (including phenoxy) is 1. The van der Waals surface area contributed by atoms with E-state index < -0.39 is 0 Å². The molecule has 2 atom stereocenters. The minimum atomic E-state index is -0.0410. The van der Waals surface area contributed by atoms with Crippen molar-refractivity contribution in [3.05, 3.63) is 11.6 Å². The quantitative estimate of drug-likeness (QED) is 0.516. The van der Waals surface area contributed by atoms with Crippen LogP contribution in [0.4, 0.5) is 0 Å². The molecule has 0 unspecified atom stereocenters. The molecule has 2 heteroatoms. The summed E-state index contributed by atoms with van der Waals surface area (Å²) in [5.41, 5.74) is 1.31. The molecule has 1 rings (SSSR count). The van der Waals surface area contributed by atoms with E-state index in [1.54, 1.807) is 0 Å². The second-order valence-electron chi connectivity index (χ2n) is 3.92. The zero-order valence-corrected chi connectivity index (χ0v) is 8.13. The lowest BCUT2D eigenvalue weighted by molar-refractivity contribution is 0.235. The van der Waals surface area contributed by atoms with E-state index in [0.717, 1.165) is 12.8 Å². The number of rotatable bonds is 4. The van der Waals surface area contributed by atoms with Crippen LogP contribution in [0.2, 0.25) is 0 Å². The second kappa shape index (κ2) is 3.58. The van der Waals surface area contributed by atoms with Crippen LogP contribution in [0.3, 0.4) is 0 Å². The van der Waals surface area contributed by atoms with E-state index in [1.807, 2.05) is 0 Å². The largest absolute Gasteiger partial charge is 0.394 e. The summed E-state index contributed by atoms with van der Waals surface area (Å²) >= 11 is 0. The average Bonchev–Trinajstić information content (AvgIpc) is 2.61. The van der Waals surface area contributed by atoms with Crippen molar-refractivity contribution in [2.75, 3.05) is 6.61 Å². The Balaban J connectivity index is 2.21. The zero-order valence-electron chi connectivity index (χ0n) is 8.13. The summed E-state index contributed by atoms with van der Waals surface area (Å²) in [6.07, 6.45) is 4.36. The van der Waals surface area contributed by atoms with Gasteiger partial charge >= 0.3 is 0 Å². The first-order valence-electron chi connectivity index (χ1n) is 4.50. The molecule has 0 aliphatic carbocycles. The Bertz CT molecular complexity index is 182. The normalized spacial score (nSPS) is 33.2. The van der Waals surface area contributed by atoms with Crippen LogP contribution in [0, 0.1) is 0 Å². The number of aliphatic hydroxyl groups excluding tert-OH is 1. The van der Waals surface area contributed by atoms with E-state index in [9.17, 15) is 0 Å². The van der Waals surface area contributed by atoms with Crippen LogP contribution in [0.15, 0.2) is 11.6 Å². The van der Waals surface area contributed by atoms with Gasteiger partial charge in [0, 0.05) is 0 Å². The van der Waals surface area contributed by atoms with Crippen molar-refractivity contribution in [2.24, 2.45) is 0 Å². The Morgan fingerprint density at radius 3 is 2.67 bits per heavy atom. The summed E-state index contributed by atoms with van der Waals surface area (Å²) in [5, 5.41) is 8.81. The van der Waals surface area contributed by atoms with Gasteiger partial charge in [0.1, 0.15) is 6.10 Å². The van der Waals surface area contributed by atoms with Gasteiger partial charge in [0.25, 0.3) is 0 Å². The number of allylic oxidation sites excluding steroid dienone is 2. The van der Waals surface area contributed by atoms with Gasteiger partial charge in [0.2, 0.25) is 0 Å². The third kappa shape index (κ3) is 2.32. The van der Waals surface area contributed by atoms with E-state index in [1.165, 1.54) is 5.57 Å². The highest BCUT2D eigenvalue weighted by atomic mass is 16.6. The van der Waals surface area contributed by atoms with Crippen LogP contribution in [0.1, 0.15) is 33.6 Å². The number of epoxide rings is 1. The Kier molecular flexibility index (Phi) is 2.91. The third-order valence-corrected chi connectivity index (χ3v) is 2.39. The standard InChI is InChI=1S/C10H18O2/c1-8(2)5-4-6-10(3)9(7-11)12-10/h5,9,11H,4,6-7H2,1-3H3/t9-,10-/m1/s1. The van der Waals surface area contributed by atoms with Gasteiger partial charge in [-0.15, -0.1) is 0 Å². The molecule has 1 heterocycles. The molecule has 1 N–H and O–H groups in total. The van der Waals surface area contributed by atoms with Crippen molar-refractivity contribution in [3.63, 3.8) is 0 Å². The van der Waals surface area contributed by atoms with Gasteiger partial charge in [-0.25, -0.2) is 0 Å². The highest BCUT2D eigenvalue weighted by Gasteiger charge is 2.50. The molecule has 0 spiro atoms. The Morgan fingerprint density at radius 2 is 2.25 bits per heavy atom. The molecule has 0 bridgehead atoms. The molecule has 1 saturated heterocycles. The minimum Gasteiger partial charge on any atom is -0.394 e. The van der Waals surface area contributed by atoms with E-state index >= 15 is 0 Å². The fourth-order valence-corrected chi connectivity index (χ4v) is 1.39. The fraction of sp³-hybridized carbons (Fsp3) is 0.800. The average molecular weight is 170 g/mol. The molecule has 1 aliphatic heterocycles. The maximum absolute atomic E-state index is 8.81. The smallest absolute Gasteiger partial charge is 0.110 e. The summed E-state index contributed by atoms with van der Waals surface area (Å²) in [6, 6.07) is 0. The highest BCUT2D eigenvalue weighted by molar-refractivity contribution is 5.02. The predicted octanol–water partition coefficient (Wildman–Crippen LogP) is 1.88. The Morgan fingerprint density at radius 1 is 1.58 bits per heavy atom. The minimum absolute atomic E-state index is 0.0410. The van der Waals surface area contributed by atoms with E-state index in [2.05, 4.69) is 26.8 Å². The molecule has 2 nitrogen and oxygen atoms in total. The Labute approximate surface area is 74.2 Å². The van der Waals surface area contributed by atoms with Crippen molar-refractivity contribution in [2.45, 2.75) is 45.3 Å². The molecule has 0 aromatic carbocycles. The van der Waals surface area contributed by atoms with Gasteiger partial charge in [0.05, 0.1) is 12.2 Å². The predicted molar refractivity (Wildman–Crippen MR) is 49.0 cm³/mol. The fourth-order valence-electron chi connectivity index (χ4n) is 1.39. The lowest BCUT2D eigenvalue weighted by Crippen LogP contribution is -2.11. The SMILES string of the molecule is CC(C)=CCC[C@@]1(C)O[C@@H]1CO. The van der Waals surface area contributed by atoms with Gasteiger partial charge < -0.3 is 9.84 Å². The van der Waals surface area contributed by atoms with Gasteiger partial charge in [-0.1, -0.05) is 11.6 Å². The van der Waals surface area contributed by atoms with Crippen LogP contribution >= 0.6 is 0 Å². The van der Waals surface area contributed by atoms with Gasteiger partial charge in [0.15, 0.2) is 0 Å². The van der Waals surface area contributed by atoms with Crippen LogP contribution in [0.25, 0.3) is 0 Å². The molecule has 1 aliphatic rings. The van der Waals surface area contributed by atoms with Crippen molar-refractivity contribution in [3.8, 4) is 0 Å². The second-order valence-corrected chi connectivity index (χ2v) is 3.92. The Hall–Kier alpha value is -0.340. The molecule has 0 saturated carbocycles. The molecule has 0 aromatic rings. The number of aliphatic hydroxyl groups is 1. The van der Waals surface area contributed by atoms with Crippen molar-refractivity contribution < 1.29 is 9.84 Å². The van der Waals surface area contributed by atoms with Crippen LogP contribution in [0.5, 0.6) is 0 Å². The molecule has 0 radical (unpaired) electrons. The lowest BCUT2D eigenvalue weighted by atomic mass is 10.0. The summed E-state index contributed by atoms with van der Waals surface area (Å²) in [5.74, 6) is 0. The number of hydrogen-bond acceptors (Lipinski definition) is 2. The van der Waals surface area contributed by atoms with Crippen LogP contribution in [-0.4, -0.2) is 23.4 Å². The van der Waals surface area contributed by atoms with Crippen LogP contribution < -0.4 is 0 Å². The van der Waals surface area contributed by atoms with Crippen LogP contribution in [-0.2, 0) is 4.74 Å². The lowest BCUT2D eigenvalue weighted by Gasteiger charge is -2.02. The maximum atomic E-state index is 8.81. The van der Waals surface area contributed by atoms with Crippen molar-refractivity contribution in [1.82, 2.24) is 0 Å². The van der Waals surface area contributed by atoms with Gasteiger partial charge in [-0.05, 0) is 33.6 Å². The maximum Gasteiger partial charge on any atom is 0.110 e. The van der Waals surface area contributed by atoms with Gasteiger partial charge in [-0.3, -0.25) is 0 Å². The summed E-state index contributed by atoms with van der Waals surface area (Å²) < 4.78 is 5.36. The van der Waals surface area contributed by atoms with E-state index in [4.69, 9.17) is 9.84 Å². The first kappa shape index (κ1) is 9.75. The van der Waals surface area contributed by atoms with E-state index in [-0.39, 0.29) is 18.3 Å². The number of hydrogen-bond donors (Lipinski definition) is 1. The molecule has 70 valence electrons. The van der Waals surface area contributed by atoms with Crippen molar-refractivity contribution >= 4 is 0 Å². The summed E-state index contributed by atoms with van der Waals surface area (Å²) in [6.45, 7) is 6.41. The van der Waals surface area contributed by atoms with Gasteiger partial charge in [-0.2, -0.15) is 0 Å². The molecular weight excluding hydrogens is 152 g/mol. The monoisotopic (exact) mass is 170 g/mol. The third-order valence-electron chi connectivity index (χ3n) is 2.39. The molecule has 12 heavy (non-hydrogen) atoms. The van der Waals surface area contributed by atoms with Crippen molar-refractivity contribution in [1.29, 1.82) is 0 Å². The first-order chi connectivity index (χ1) is 5.58.